The number of imidazole rings is 1. The summed E-state index contributed by atoms with van der Waals surface area (Å²) in [7, 11) is 0. The first-order valence-corrected chi connectivity index (χ1v) is 8.87. The minimum Gasteiger partial charge on any atom is -0.331 e. The molecule has 1 N–H and O–H groups in total. The Morgan fingerprint density at radius 2 is 1.96 bits per heavy atom. The molecule has 4 nitrogen and oxygen atoms in total. The van der Waals surface area contributed by atoms with E-state index in [9.17, 15) is 0 Å². The minimum absolute atomic E-state index is 0.510. The van der Waals surface area contributed by atoms with E-state index in [1.165, 1.54) is 11.3 Å². The highest BCUT2D eigenvalue weighted by atomic mass is 35.5. The summed E-state index contributed by atoms with van der Waals surface area (Å²) < 4.78 is 2.05. The fourth-order valence-corrected chi connectivity index (χ4v) is 3.57. The molecule has 1 aromatic carbocycles. The van der Waals surface area contributed by atoms with Crippen molar-refractivity contribution in [2.45, 2.75) is 6.92 Å². The maximum atomic E-state index is 6.05. The zero-order chi connectivity index (χ0) is 16.7. The van der Waals surface area contributed by atoms with E-state index >= 15 is 0 Å². The zero-order valence-corrected chi connectivity index (χ0v) is 15.0. The van der Waals surface area contributed by atoms with Gasteiger partial charge in [-0.25, -0.2) is 9.97 Å². The van der Waals surface area contributed by atoms with E-state index in [-0.39, 0.29) is 0 Å². The number of hydrogen-bond donors (Lipinski definition) is 1. The first-order valence-electron chi connectivity index (χ1n) is 7.23. The van der Waals surface area contributed by atoms with Gasteiger partial charge in [0.2, 0.25) is 0 Å². The van der Waals surface area contributed by atoms with Gasteiger partial charge in [-0.15, -0.1) is 11.3 Å². The Balaban J connectivity index is 1.69. The van der Waals surface area contributed by atoms with Gasteiger partial charge in [0.15, 0.2) is 5.13 Å². The van der Waals surface area contributed by atoms with Crippen LogP contribution in [-0.2, 0) is 0 Å². The predicted octanol–water partition coefficient (Wildman–Crippen LogP) is 5.82. The lowest BCUT2D eigenvalue weighted by atomic mass is 10.3. The van der Waals surface area contributed by atoms with Crippen LogP contribution >= 0.6 is 34.5 Å². The molecule has 24 heavy (non-hydrogen) atoms. The summed E-state index contributed by atoms with van der Waals surface area (Å²) >= 11 is 13.5. The number of rotatable bonds is 3. The van der Waals surface area contributed by atoms with E-state index in [0.717, 1.165) is 33.5 Å². The number of aryl methyl sites for hydroxylation is 1. The number of benzene rings is 1. The molecule has 0 aliphatic carbocycles. The highest BCUT2D eigenvalue weighted by Gasteiger charge is 2.14. The molecular weight excluding hydrogens is 363 g/mol. The van der Waals surface area contributed by atoms with Crippen LogP contribution in [0.3, 0.4) is 0 Å². The van der Waals surface area contributed by atoms with Gasteiger partial charge in [-0.3, -0.25) is 4.40 Å². The van der Waals surface area contributed by atoms with Crippen LogP contribution in [0.2, 0.25) is 10.0 Å². The molecule has 0 aliphatic rings. The van der Waals surface area contributed by atoms with Crippen molar-refractivity contribution >= 4 is 51.0 Å². The van der Waals surface area contributed by atoms with Gasteiger partial charge in [-0.2, -0.15) is 0 Å². The number of pyridine rings is 1. The van der Waals surface area contributed by atoms with Crippen molar-refractivity contribution < 1.29 is 0 Å². The van der Waals surface area contributed by atoms with E-state index in [0.29, 0.717) is 10.0 Å². The van der Waals surface area contributed by atoms with Crippen LogP contribution in [0.1, 0.15) is 5.69 Å². The lowest BCUT2D eigenvalue weighted by Crippen LogP contribution is -1.92. The van der Waals surface area contributed by atoms with Crippen molar-refractivity contribution in [1.82, 2.24) is 14.4 Å². The van der Waals surface area contributed by atoms with E-state index in [4.69, 9.17) is 23.2 Å². The van der Waals surface area contributed by atoms with E-state index in [1.54, 1.807) is 12.1 Å². The third kappa shape index (κ3) is 2.75. The average Bonchev–Trinajstić information content (AvgIpc) is 3.14. The summed E-state index contributed by atoms with van der Waals surface area (Å²) in [6.07, 6.45) is 2.00. The van der Waals surface area contributed by atoms with Gasteiger partial charge in [0.05, 0.1) is 21.4 Å². The largest absolute Gasteiger partial charge is 0.331 e. The van der Waals surface area contributed by atoms with Gasteiger partial charge in [-0.1, -0.05) is 29.3 Å². The van der Waals surface area contributed by atoms with Gasteiger partial charge in [-0.05, 0) is 37.3 Å². The SMILES string of the molecule is Cc1nc2ccccn2c1-c1csc(Nc2ccc(Cl)c(Cl)c2)n1. The maximum absolute atomic E-state index is 6.05. The summed E-state index contributed by atoms with van der Waals surface area (Å²) in [4.78, 5) is 9.26. The topological polar surface area (TPSA) is 42.2 Å². The van der Waals surface area contributed by atoms with E-state index in [2.05, 4.69) is 15.3 Å². The Hall–Kier alpha value is -2.08. The van der Waals surface area contributed by atoms with Crippen molar-refractivity contribution in [3.63, 3.8) is 0 Å². The van der Waals surface area contributed by atoms with Crippen LogP contribution in [0.4, 0.5) is 10.8 Å². The number of halogens is 2. The standard InChI is InChI=1S/C17H12Cl2N4S/c1-10-16(23-7-3-2-4-15(23)20-10)14-9-24-17(22-14)21-11-5-6-12(18)13(19)8-11/h2-9H,1H3,(H,21,22). The lowest BCUT2D eigenvalue weighted by Gasteiger charge is -2.04. The quantitative estimate of drug-likeness (QED) is 0.491. The molecule has 0 bridgehead atoms. The van der Waals surface area contributed by atoms with Gasteiger partial charge < -0.3 is 5.32 Å². The lowest BCUT2D eigenvalue weighted by molar-refractivity contribution is 1.17. The number of fused-ring (bicyclic) bond motifs is 1. The molecule has 0 amide bonds. The fourth-order valence-electron chi connectivity index (χ4n) is 2.56. The molecule has 0 saturated carbocycles. The molecule has 7 heteroatoms. The molecule has 0 spiro atoms. The number of thiazole rings is 1. The monoisotopic (exact) mass is 374 g/mol. The second-order valence-corrected chi connectivity index (χ2v) is 6.94. The van der Waals surface area contributed by atoms with Gasteiger partial charge in [0.1, 0.15) is 11.3 Å². The first kappa shape index (κ1) is 15.4. The maximum Gasteiger partial charge on any atom is 0.187 e. The van der Waals surface area contributed by atoms with Crippen LogP contribution in [0.15, 0.2) is 48.0 Å². The molecule has 4 aromatic rings. The summed E-state index contributed by atoms with van der Waals surface area (Å²) in [5.74, 6) is 0. The molecule has 3 heterocycles. The minimum atomic E-state index is 0.510. The zero-order valence-electron chi connectivity index (χ0n) is 12.6. The molecule has 4 rings (SSSR count). The van der Waals surface area contributed by atoms with Crippen molar-refractivity contribution in [1.29, 1.82) is 0 Å². The summed E-state index contributed by atoms with van der Waals surface area (Å²) in [5.41, 5.74) is 4.60. The molecule has 120 valence electrons. The fraction of sp³-hybridized carbons (Fsp3) is 0.0588. The van der Waals surface area contributed by atoms with Crippen molar-refractivity contribution in [2.24, 2.45) is 0 Å². The average molecular weight is 375 g/mol. The van der Waals surface area contributed by atoms with E-state index < -0.39 is 0 Å². The summed E-state index contributed by atoms with van der Waals surface area (Å²) in [6.45, 7) is 1.99. The number of nitrogens with one attached hydrogen (secondary N) is 1. The molecule has 0 saturated heterocycles. The normalized spacial score (nSPS) is 11.1. The highest BCUT2D eigenvalue weighted by molar-refractivity contribution is 7.14. The van der Waals surface area contributed by atoms with Crippen LogP contribution in [0, 0.1) is 6.92 Å². The summed E-state index contributed by atoms with van der Waals surface area (Å²) in [5, 5.41) is 7.10. The Labute approximate surface area is 152 Å². The Kier molecular flexibility index (Phi) is 3.92. The smallest absolute Gasteiger partial charge is 0.187 e. The van der Waals surface area contributed by atoms with Crippen LogP contribution in [-0.4, -0.2) is 14.4 Å². The van der Waals surface area contributed by atoms with Crippen molar-refractivity contribution in [2.75, 3.05) is 5.32 Å². The molecule has 0 aliphatic heterocycles. The van der Waals surface area contributed by atoms with E-state index in [1.807, 2.05) is 47.2 Å². The molecule has 0 unspecified atom stereocenters. The molecular formula is C17H12Cl2N4S. The predicted molar refractivity (Wildman–Crippen MR) is 101 cm³/mol. The number of anilines is 2. The Morgan fingerprint density at radius 3 is 2.79 bits per heavy atom. The first-order chi connectivity index (χ1) is 11.6. The second-order valence-electron chi connectivity index (χ2n) is 5.27. The Morgan fingerprint density at radius 1 is 1.08 bits per heavy atom. The third-order valence-electron chi connectivity index (χ3n) is 3.62. The van der Waals surface area contributed by atoms with Gasteiger partial charge >= 0.3 is 0 Å². The highest BCUT2D eigenvalue weighted by Crippen LogP contribution is 2.31. The van der Waals surface area contributed by atoms with Crippen molar-refractivity contribution in [3.05, 3.63) is 63.7 Å². The number of nitrogens with zero attached hydrogens (tertiary/aromatic N) is 3. The van der Waals surface area contributed by atoms with Crippen LogP contribution in [0.25, 0.3) is 17.0 Å². The molecule has 0 atom stereocenters. The Bertz CT molecular complexity index is 1040. The van der Waals surface area contributed by atoms with Crippen LogP contribution < -0.4 is 5.32 Å². The summed E-state index contributed by atoms with van der Waals surface area (Å²) in [6, 6.07) is 11.4. The second kappa shape index (κ2) is 6.09. The van der Waals surface area contributed by atoms with Gasteiger partial charge in [0.25, 0.3) is 0 Å². The molecule has 0 radical (unpaired) electrons. The molecule has 3 aromatic heterocycles. The number of aromatic nitrogens is 3. The van der Waals surface area contributed by atoms with Crippen LogP contribution in [0.5, 0.6) is 0 Å². The van der Waals surface area contributed by atoms with Crippen molar-refractivity contribution in [3.8, 4) is 11.4 Å². The molecule has 0 fully saturated rings. The number of hydrogen-bond acceptors (Lipinski definition) is 4. The van der Waals surface area contributed by atoms with Gasteiger partial charge in [0, 0.05) is 17.3 Å². The third-order valence-corrected chi connectivity index (χ3v) is 5.12.